The maximum Gasteiger partial charge on any atom is 0.290 e. The number of hydrogen-bond donors (Lipinski definition) is 1. The van der Waals surface area contributed by atoms with Gasteiger partial charge in [0, 0.05) is 24.2 Å². The maximum absolute atomic E-state index is 12.3. The van der Waals surface area contributed by atoms with Crippen LogP contribution in [0.1, 0.15) is 6.42 Å². The van der Waals surface area contributed by atoms with Crippen LogP contribution in [0.5, 0.6) is 0 Å². The molecule has 1 N–H and O–H groups in total. The third-order valence-electron chi connectivity index (χ3n) is 2.86. The monoisotopic (exact) mass is 306 g/mol. The van der Waals surface area contributed by atoms with Crippen LogP contribution in [0, 0.1) is 10.1 Å². The summed E-state index contributed by atoms with van der Waals surface area (Å²) in [5, 5.41) is 20.4. The molecule has 1 unspecified atom stereocenters. The minimum atomic E-state index is -3.99. The number of nitro benzene ring substituents is 1. The number of halogens is 1. The van der Waals surface area contributed by atoms with Gasteiger partial charge in [0.25, 0.3) is 5.69 Å². The van der Waals surface area contributed by atoms with Crippen LogP contribution in [-0.2, 0) is 10.0 Å². The van der Waals surface area contributed by atoms with E-state index in [0.29, 0.717) is 6.42 Å². The predicted molar refractivity (Wildman–Crippen MR) is 67.5 cm³/mol. The van der Waals surface area contributed by atoms with Crippen molar-refractivity contribution in [3.05, 3.63) is 33.3 Å². The third-order valence-corrected chi connectivity index (χ3v) is 5.01. The average Bonchev–Trinajstić information content (AvgIpc) is 2.76. The quantitative estimate of drug-likeness (QED) is 0.663. The summed E-state index contributed by atoms with van der Waals surface area (Å²) in [4.78, 5) is 9.72. The molecule has 1 saturated heterocycles. The summed E-state index contributed by atoms with van der Waals surface area (Å²) in [6.07, 6.45) is -0.415. The Balaban J connectivity index is 2.49. The molecule has 1 aliphatic heterocycles. The van der Waals surface area contributed by atoms with Crippen LogP contribution in [0.3, 0.4) is 0 Å². The molecule has 9 heteroatoms. The Morgan fingerprint density at radius 1 is 1.47 bits per heavy atom. The van der Waals surface area contributed by atoms with Gasteiger partial charge in [-0.3, -0.25) is 10.1 Å². The number of β-amino-alcohol motifs (C(OH)–C–C–N with tert-alkyl or cyclic N) is 1. The summed E-state index contributed by atoms with van der Waals surface area (Å²) in [6, 6.07) is 3.40. The van der Waals surface area contributed by atoms with Crippen molar-refractivity contribution in [1.29, 1.82) is 0 Å². The highest BCUT2D eigenvalue weighted by Gasteiger charge is 2.35. The highest BCUT2D eigenvalue weighted by atomic mass is 35.5. The van der Waals surface area contributed by atoms with Crippen molar-refractivity contribution in [1.82, 2.24) is 4.31 Å². The summed E-state index contributed by atoms with van der Waals surface area (Å²) < 4.78 is 25.6. The van der Waals surface area contributed by atoms with E-state index in [2.05, 4.69) is 0 Å². The van der Waals surface area contributed by atoms with Gasteiger partial charge < -0.3 is 5.11 Å². The van der Waals surface area contributed by atoms with Crippen LogP contribution >= 0.6 is 11.6 Å². The molecular weight excluding hydrogens is 296 g/mol. The van der Waals surface area contributed by atoms with E-state index in [4.69, 9.17) is 11.6 Å². The Morgan fingerprint density at radius 3 is 2.68 bits per heavy atom. The molecule has 1 fully saturated rings. The van der Waals surface area contributed by atoms with Gasteiger partial charge >= 0.3 is 0 Å². The van der Waals surface area contributed by atoms with Crippen LogP contribution in [0.4, 0.5) is 5.69 Å². The second kappa shape index (κ2) is 5.04. The molecule has 0 aliphatic carbocycles. The molecule has 0 amide bonds. The minimum Gasteiger partial charge on any atom is -0.392 e. The summed E-state index contributed by atoms with van der Waals surface area (Å²) in [5.41, 5.74) is -0.561. The second-order valence-corrected chi connectivity index (χ2v) is 6.52. The molecule has 104 valence electrons. The van der Waals surface area contributed by atoms with Crippen molar-refractivity contribution in [2.75, 3.05) is 13.1 Å². The highest BCUT2D eigenvalue weighted by molar-refractivity contribution is 7.89. The lowest BCUT2D eigenvalue weighted by molar-refractivity contribution is -0.387. The maximum atomic E-state index is 12.3. The summed E-state index contributed by atoms with van der Waals surface area (Å²) in [5.74, 6) is 0. The van der Waals surface area contributed by atoms with Gasteiger partial charge in [-0.25, -0.2) is 8.42 Å². The average molecular weight is 307 g/mol. The van der Waals surface area contributed by atoms with E-state index in [1.165, 1.54) is 6.07 Å². The lowest BCUT2D eigenvalue weighted by Gasteiger charge is -2.15. The first-order chi connectivity index (χ1) is 8.82. The van der Waals surface area contributed by atoms with Crippen LogP contribution < -0.4 is 0 Å². The topological polar surface area (TPSA) is 101 Å². The van der Waals surface area contributed by atoms with Gasteiger partial charge in [-0.2, -0.15) is 4.31 Å². The lowest BCUT2D eigenvalue weighted by atomic mass is 10.3. The van der Waals surface area contributed by atoms with Crippen molar-refractivity contribution in [2.24, 2.45) is 0 Å². The van der Waals surface area contributed by atoms with Gasteiger partial charge in [0.2, 0.25) is 10.0 Å². The fourth-order valence-corrected chi connectivity index (χ4v) is 3.72. The fourth-order valence-electron chi connectivity index (χ4n) is 1.92. The molecule has 0 saturated carbocycles. The van der Waals surface area contributed by atoms with Gasteiger partial charge in [0.1, 0.15) is 0 Å². The Labute approximate surface area is 114 Å². The summed E-state index contributed by atoms with van der Waals surface area (Å²) in [7, 11) is -3.99. The van der Waals surface area contributed by atoms with Gasteiger partial charge in [-0.15, -0.1) is 0 Å². The molecule has 0 radical (unpaired) electrons. The first kappa shape index (κ1) is 14.2. The highest BCUT2D eigenvalue weighted by Crippen LogP contribution is 2.30. The molecule has 1 aromatic carbocycles. The van der Waals surface area contributed by atoms with E-state index in [9.17, 15) is 23.6 Å². The summed E-state index contributed by atoms with van der Waals surface area (Å²) in [6.45, 7) is 0.0887. The molecule has 1 aromatic rings. The number of aliphatic hydroxyl groups is 1. The molecule has 19 heavy (non-hydrogen) atoms. The van der Waals surface area contributed by atoms with Crippen molar-refractivity contribution >= 4 is 27.3 Å². The molecule has 1 atom stereocenters. The van der Waals surface area contributed by atoms with E-state index in [-0.39, 0.29) is 18.1 Å². The molecular formula is C10H11ClN2O5S. The standard InChI is InChI=1S/C10H11ClN2O5S/c11-7-1-2-10(9(5-7)13(15)16)19(17,18)12-4-3-8(14)6-12/h1-2,5,8,14H,3-4,6H2. The number of sulfonamides is 1. The van der Waals surface area contributed by atoms with Crippen LogP contribution in [-0.4, -0.2) is 41.9 Å². The second-order valence-electron chi connectivity index (χ2n) is 4.17. The van der Waals surface area contributed by atoms with Crippen LogP contribution in [0.2, 0.25) is 5.02 Å². The SMILES string of the molecule is O=[N+]([O-])c1cc(Cl)ccc1S(=O)(=O)N1CCC(O)C1. The lowest BCUT2D eigenvalue weighted by Crippen LogP contribution is -2.30. The molecule has 7 nitrogen and oxygen atoms in total. The Kier molecular flexibility index (Phi) is 3.77. The van der Waals surface area contributed by atoms with Crippen LogP contribution in [0.25, 0.3) is 0 Å². The van der Waals surface area contributed by atoms with Crippen molar-refractivity contribution in [3.8, 4) is 0 Å². The van der Waals surface area contributed by atoms with E-state index in [1.54, 1.807) is 0 Å². The molecule has 0 spiro atoms. The number of nitro groups is 1. The van der Waals surface area contributed by atoms with Gasteiger partial charge in [0.05, 0.1) is 11.0 Å². The first-order valence-electron chi connectivity index (χ1n) is 5.44. The van der Waals surface area contributed by atoms with Crippen molar-refractivity contribution in [2.45, 2.75) is 17.4 Å². The molecule has 0 aromatic heterocycles. The minimum absolute atomic E-state index is 0.0535. The van der Waals surface area contributed by atoms with Crippen molar-refractivity contribution in [3.63, 3.8) is 0 Å². The zero-order chi connectivity index (χ0) is 14.2. The number of benzene rings is 1. The van der Waals surface area contributed by atoms with Crippen molar-refractivity contribution < 1.29 is 18.4 Å². The smallest absolute Gasteiger partial charge is 0.290 e. The van der Waals surface area contributed by atoms with E-state index in [1.807, 2.05) is 0 Å². The number of hydrogen-bond acceptors (Lipinski definition) is 5. The molecule has 1 heterocycles. The van der Waals surface area contributed by atoms with Gasteiger partial charge in [-0.1, -0.05) is 11.6 Å². The number of nitrogens with zero attached hydrogens (tertiary/aromatic N) is 2. The van der Waals surface area contributed by atoms with E-state index < -0.39 is 31.6 Å². The normalized spacial score (nSPS) is 20.6. The first-order valence-corrected chi connectivity index (χ1v) is 7.26. The summed E-state index contributed by atoms with van der Waals surface area (Å²) >= 11 is 5.64. The van der Waals surface area contributed by atoms with Crippen LogP contribution in [0.15, 0.2) is 23.1 Å². The molecule has 0 bridgehead atoms. The Morgan fingerprint density at radius 2 is 2.16 bits per heavy atom. The number of rotatable bonds is 3. The van der Waals surface area contributed by atoms with Gasteiger partial charge in [-0.05, 0) is 18.6 Å². The largest absolute Gasteiger partial charge is 0.392 e. The van der Waals surface area contributed by atoms with E-state index >= 15 is 0 Å². The Hall–Kier alpha value is -1.22. The zero-order valence-corrected chi connectivity index (χ0v) is 11.3. The Bertz CT molecular complexity index is 618. The van der Waals surface area contributed by atoms with E-state index in [0.717, 1.165) is 16.4 Å². The number of aliphatic hydroxyl groups excluding tert-OH is 1. The molecule has 1 aliphatic rings. The fraction of sp³-hybridized carbons (Fsp3) is 0.400. The third kappa shape index (κ3) is 2.71. The molecule has 2 rings (SSSR count). The van der Waals surface area contributed by atoms with Gasteiger partial charge in [0.15, 0.2) is 4.90 Å². The predicted octanol–water partition coefficient (Wildman–Crippen LogP) is 1.00. The zero-order valence-electron chi connectivity index (χ0n) is 9.69.